The summed E-state index contributed by atoms with van der Waals surface area (Å²) in [7, 11) is 1.92. The Kier molecular flexibility index (Phi) is 5.15. The van der Waals surface area contributed by atoms with Gasteiger partial charge in [-0.2, -0.15) is 0 Å². The van der Waals surface area contributed by atoms with Crippen LogP contribution in [-0.2, 0) is 22.7 Å². The Balaban J connectivity index is 1.67. The minimum Gasteiger partial charge on any atom is -0.322 e. The van der Waals surface area contributed by atoms with E-state index in [9.17, 15) is 14.4 Å². The summed E-state index contributed by atoms with van der Waals surface area (Å²) in [5.41, 5.74) is 2.63. The van der Waals surface area contributed by atoms with E-state index in [1.165, 1.54) is 0 Å². The Hall–Kier alpha value is -2.25. The van der Waals surface area contributed by atoms with E-state index in [2.05, 4.69) is 22.9 Å². The maximum atomic E-state index is 12.7. The Labute approximate surface area is 147 Å². The number of likely N-dealkylation sites (N-methyl/N-ethyl adjacent to an activating group) is 1. The molecule has 1 aromatic carbocycles. The summed E-state index contributed by atoms with van der Waals surface area (Å²) < 4.78 is 0. The van der Waals surface area contributed by atoms with Crippen LogP contribution >= 0.6 is 0 Å². The minimum atomic E-state index is -0.560. The monoisotopic (exact) mass is 344 g/mol. The molecule has 1 saturated heterocycles. The number of fused-ring (bicyclic) bond motifs is 1. The molecule has 2 unspecified atom stereocenters. The lowest BCUT2D eigenvalue weighted by Gasteiger charge is -2.29. The number of carbonyl (C=O) groups is 3. The van der Waals surface area contributed by atoms with E-state index in [-0.39, 0.29) is 24.1 Å². The van der Waals surface area contributed by atoms with Gasteiger partial charge in [0.05, 0.1) is 0 Å². The van der Waals surface area contributed by atoms with E-state index in [4.69, 9.17) is 0 Å². The van der Waals surface area contributed by atoms with Crippen molar-refractivity contribution in [3.8, 4) is 0 Å². The van der Waals surface area contributed by atoms with Gasteiger partial charge in [-0.25, -0.2) is 0 Å². The van der Waals surface area contributed by atoms with Crippen molar-refractivity contribution in [3.05, 3.63) is 34.9 Å². The van der Waals surface area contributed by atoms with Gasteiger partial charge in [-0.3, -0.25) is 19.7 Å². The van der Waals surface area contributed by atoms with Crippen molar-refractivity contribution in [3.63, 3.8) is 0 Å². The summed E-state index contributed by atoms with van der Waals surface area (Å²) in [5.74, 6) is -0.773. The molecule has 1 aromatic rings. The number of hydrogen-bond acceptors (Lipinski definition) is 5. The molecule has 2 aliphatic rings. The highest BCUT2D eigenvalue weighted by molar-refractivity contribution is 6.05. The number of hydrogen-bond donors (Lipinski definition) is 3. The smallest absolute Gasteiger partial charge is 0.255 e. The molecule has 0 bridgehead atoms. The van der Waals surface area contributed by atoms with E-state index in [1.54, 1.807) is 4.90 Å². The third-order valence-corrected chi connectivity index (χ3v) is 4.87. The molecule has 25 heavy (non-hydrogen) atoms. The van der Waals surface area contributed by atoms with Crippen molar-refractivity contribution in [2.45, 2.75) is 44.9 Å². The highest BCUT2D eigenvalue weighted by atomic mass is 16.2. The van der Waals surface area contributed by atoms with Gasteiger partial charge in [-0.15, -0.1) is 0 Å². The van der Waals surface area contributed by atoms with Crippen LogP contribution in [0.3, 0.4) is 0 Å². The molecule has 0 aliphatic carbocycles. The van der Waals surface area contributed by atoms with Crippen molar-refractivity contribution >= 4 is 17.7 Å². The number of imide groups is 1. The Bertz CT molecular complexity index is 704. The molecule has 7 nitrogen and oxygen atoms in total. The van der Waals surface area contributed by atoms with E-state index in [0.29, 0.717) is 31.1 Å². The van der Waals surface area contributed by atoms with Crippen LogP contribution in [-0.4, -0.2) is 48.3 Å². The van der Waals surface area contributed by atoms with Crippen molar-refractivity contribution in [2.24, 2.45) is 0 Å². The van der Waals surface area contributed by atoms with E-state index >= 15 is 0 Å². The summed E-state index contributed by atoms with van der Waals surface area (Å²) in [6.07, 6.45) is 0.663. The number of nitrogens with one attached hydrogen (secondary N) is 3. The van der Waals surface area contributed by atoms with Crippen molar-refractivity contribution < 1.29 is 14.4 Å². The van der Waals surface area contributed by atoms with Crippen molar-refractivity contribution in [2.75, 3.05) is 13.6 Å². The van der Waals surface area contributed by atoms with Crippen LogP contribution in [0.25, 0.3) is 0 Å². The second-order valence-electron chi connectivity index (χ2n) is 6.71. The van der Waals surface area contributed by atoms with Crippen LogP contribution in [0, 0.1) is 0 Å². The van der Waals surface area contributed by atoms with Crippen LogP contribution in [0.5, 0.6) is 0 Å². The first-order valence-corrected chi connectivity index (χ1v) is 8.64. The Morgan fingerprint density at radius 3 is 2.84 bits per heavy atom. The summed E-state index contributed by atoms with van der Waals surface area (Å²) in [5, 5.41) is 8.84. The molecule has 2 atom stereocenters. The van der Waals surface area contributed by atoms with Crippen LogP contribution in [0.1, 0.15) is 41.3 Å². The maximum absolute atomic E-state index is 12.7. The van der Waals surface area contributed by atoms with Gasteiger partial charge in [-0.05, 0) is 37.6 Å². The fourth-order valence-electron chi connectivity index (χ4n) is 3.25. The third kappa shape index (κ3) is 3.72. The zero-order valence-corrected chi connectivity index (χ0v) is 14.6. The second-order valence-corrected chi connectivity index (χ2v) is 6.71. The van der Waals surface area contributed by atoms with Crippen LogP contribution in [0.4, 0.5) is 0 Å². The molecule has 1 fully saturated rings. The van der Waals surface area contributed by atoms with Gasteiger partial charge in [0, 0.05) is 37.7 Å². The van der Waals surface area contributed by atoms with Crippen LogP contribution in [0.15, 0.2) is 18.2 Å². The molecular weight excluding hydrogens is 320 g/mol. The number of carbonyl (C=O) groups excluding carboxylic acids is 3. The lowest BCUT2D eigenvalue weighted by atomic mass is 10.0. The molecule has 0 spiro atoms. The standard InChI is InChI=1S/C18H24N4O3/c1-11(19-2)8-20-9-12-3-4-13-10-22(18(25)14(13)7-12)15-5-6-16(23)21-17(15)24/h3-4,7,11,15,19-20H,5-6,8-10H2,1-2H3,(H,21,23,24). The normalized spacial score (nSPS) is 21.3. The van der Waals surface area contributed by atoms with Crippen LogP contribution in [0.2, 0.25) is 0 Å². The lowest BCUT2D eigenvalue weighted by Crippen LogP contribution is -2.52. The number of benzene rings is 1. The molecule has 7 heteroatoms. The first-order chi connectivity index (χ1) is 12.0. The quantitative estimate of drug-likeness (QED) is 0.639. The predicted molar refractivity (Wildman–Crippen MR) is 92.7 cm³/mol. The molecule has 2 heterocycles. The number of nitrogens with zero attached hydrogens (tertiary/aromatic N) is 1. The molecule has 3 amide bonds. The van der Waals surface area contributed by atoms with Gasteiger partial charge >= 0.3 is 0 Å². The van der Waals surface area contributed by atoms with E-state index in [1.807, 2.05) is 25.2 Å². The zero-order valence-electron chi connectivity index (χ0n) is 14.6. The molecule has 3 rings (SSSR count). The Morgan fingerprint density at radius 1 is 1.32 bits per heavy atom. The first-order valence-electron chi connectivity index (χ1n) is 8.64. The zero-order chi connectivity index (χ0) is 18.0. The molecule has 0 aromatic heterocycles. The van der Waals surface area contributed by atoms with Gasteiger partial charge in [-0.1, -0.05) is 12.1 Å². The van der Waals surface area contributed by atoms with Gasteiger partial charge < -0.3 is 15.5 Å². The summed E-state index contributed by atoms with van der Waals surface area (Å²) >= 11 is 0. The number of rotatable bonds is 6. The molecule has 0 radical (unpaired) electrons. The number of piperidine rings is 1. The topological polar surface area (TPSA) is 90.5 Å². The fraction of sp³-hybridized carbons (Fsp3) is 0.500. The highest BCUT2D eigenvalue weighted by Gasteiger charge is 2.38. The maximum Gasteiger partial charge on any atom is 0.255 e. The SMILES string of the molecule is CNC(C)CNCc1ccc2c(c1)C(=O)N(C1CCC(=O)NC1=O)C2. The van der Waals surface area contributed by atoms with Gasteiger partial charge in [0.15, 0.2) is 0 Å². The van der Waals surface area contributed by atoms with Crippen molar-refractivity contribution in [1.82, 2.24) is 20.9 Å². The molecule has 0 saturated carbocycles. The lowest BCUT2D eigenvalue weighted by molar-refractivity contribution is -0.136. The second kappa shape index (κ2) is 7.33. The largest absolute Gasteiger partial charge is 0.322 e. The average molecular weight is 344 g/mol. The average Bonchev–Trinajstić information content (AvgIpc) is 2.91. The molecule has 3 N–H and O–H groups in total. The summed E-state index contributed by atoms with van der Waals surface area (Å²) in [6, 6.07) is 5.68. The van der Waals surface area contributed by atoms with E-state index in [0.717, 1.165) is 17.7 Å². The van der Waals surface area contributed by atoms with Gasteiger partial charge in [0.25, 0.3) is 5.91 Å². The van der Waals surface area contributed by atoms with Gasteiger partial charge in [0.1, 0.15) is 6.04 Å². The molecule has 134 valence electrons. The fourth-order valence-corrected chi connectivity index (χ4v) is 3.25. The van der Waals surface area contributed by atoms with Crippen LogP contribution < -0.4 is 16.0 Å². The number of amides is 3. The first kappa shape index (κ1) is 17.6. The highest BCUT2D eigenvalue weighted by Crippen LogP contribution is 2.28. The summed E-state index contributed by atoms with van der Waals surface area (Å²) in [4.78, 5) is 37.7. The summed E-state index contributed by atoms with van der Waals surface area (Å²) in [6.45, 7) is 4.04. The third-order valence-electron chi connectivity index (χ3n) is 4.87. The molecule has 2 aliphatic heterocycles. The Morgan fingerprint density at radius 2 is 2.12 bits per heavy atom. The predicted octanol–water partition coefficient (Wildman–Crippen LogP) is 0.145. The van der Waals surface area contributed by atoms with Crippen molar-refractivity contribution in [1.29, 1.82) is 0 Å². The minimum absolute atomic E-state index is 0.130. The van der Waals surface area contributed by atoms with Gasteiger partial charge in [0.2, 0.25) is 11.8 Å². The van der Waals surface area contributed by atoms with E-state index < -0.39 is 6.04 Å². The molecular formula is C18H24N4O3.